The first-order valence-corrected chi connectivity index (χ1v) is 19.1. The second kappa shape index (κ2) is 16.1. The van der Waals surface area contributed by atoms with Gasteiger partial charge in [0.05, 0.1) is 52.2 Å². The van der Waals surface area contributed by atoms with Gasteiger partial charge in [-0.3, -0.25) is 19.7 Å². The lowest BCUT2D eigenvalue weighted by Gasteiger charge is -2.38. The number of rotatable bonds is 10. The van der Waals surface area contributed by atoms with Gasteiger partial charge in [-0.1, -0.05) is 57.2 Å². The molecule has 0 spiro atoms. The van der Waals surface area contributed by atoms with Crippen LogP contribution in [0.3, 0.4) is 0 Å². The van der Waals surface area contributed by atoms with Crippen molar-refractivity contribution in [2.45, 2.75) is 65.3 Å². The summed E-state index contributed by atoms with van der Waals surface area (Å²) in [6.07, 6.45) is -0.723. The average Bonchev–Trinajstić information content (AvgIpc) is 3.76. The lowest BCUT2D eigenvalue weighted by molar-refractivity contribution is -0.143. The standard InChI is InChI=1S/C39H49N9O5S/c1-23(25-10-12-26(13-11-25)34-24(2)42-22-54-34)43-37(52)31-18-27(49)21-48(31)38(53)35(39(3,4)5)41-20-33(51)47-16-14-46(15-17-47)30-19-29(44-45-36(30)40)28-8-6-7-9-32(28)50/h6-13,19,22-23,27,31,35,41,49-50H,14-18,20-21H2,1-5H3,(H2,40,45)(H,43,52)/t23-,27-,31+,35?/m0/s1. The van der Waals surface area contributed by atoms with E-state index in [9.17, 15) is 24.6 Å². The maximum atomic E-state index is 14.2. The van der Waals surface area contributed by atoms with Crippen molar-refractivity contribution in [3.63, 3.8) is 0 Å². The molecule has 0 radical (unpaired) electrons. The third-order valence-electron chi connectivity index (χ3n) is 10.2. The van der Waals surface area contributed by atoms with Gasteiger partial charge in [0.15, 0.2) is 5.82 Å². The Morgan fingerprint density at radius 1 is 1.04 bits per heavy atom. The van der Waals surface area contributed by atoms with E-state index >= 15 is 0 Å². The van der Waals surface area contributed by atoms with E-state index in [0.29, 0.717) is 43.1 Å². The third kappa shape index (κ3) is 8.48. The zero-order chi connectivity index (χ0) is 38.7. The molecule has 54 heavy (non-hydrogen) atoms. The second-order valence-electron chi connectivity index (χ2n) is 15.1. The predicted octanol–water partition coefficient (Wildman–Crippen LogP) is 3.36. The number of anilines is 2. The predicted molar refractivity (Wildman–Crippen MR) is 209 cm³/mol. The Hall–Kier alpha value is -5.12. The fraction of sp³-hybridized carbons (Fsp3) is 0.436. The van der Waals surface area contributed by atoms with Gasteiger partial charge in [-0.25, -0.2) is 4.98 Å². The van der Waals surface area contributed by atoms with Crippen LogP contribution >= 0.6 is 11.3 Å². The molecule has 286 valence electrons. The molecule has 4 heterocycles. The van der Waals surface area contributed by atoms with Crippen molar-refractivity contribution in [2.75, 3.05) is 49.9 Å². The van der Waals surface area contributed by atoms with Crippen LogP contribution in [-0.2, 0) is 14.4 Å². The Morgan fingerprint density at radius 2 is 1.74 bits per heavy atom. The lowest BCUT2D eigenvalue weighted by Crippen LogP contribution is -2.58. The Kier molecular flexibility index (Phi) is 11.5. The van der Waals surface area contributed by atoms with Crippen LogP contribution in [0.4, 0.5) is 11.5 Å². The Morgan fingerprint density at radius 3 is 2.39 bits per heavy atom. The van der Waals surface area contributed by atoms with Crippen LogP contribution < -0.4 is 21.3 Å². The molecule has 14 nitrogen and oxygen atoms in total. The maximum absolute atomic E-state index is 14.2. The molecule has 2 aromatic heterocycles. The van der Waals surface area contributed by atoms with E-state index in [-0.39, 0.29) is 54.8 Å². The van der Waals surface area contributed by atoms with E-state index in [2.05, 4.69) is 25.8 Å². The van der Waals surface area contributed by atoms with Crippen molar-refractivity contribution in [3.05, 3.63) is 71.4 Å². The third-order valence-corrected chi connectivity index (χ3v) is 11.1. The number of nitrogens with two attached hydrogens (primary N) is 1. The number of para-hydroxylation sites is 1. The number of aromatic nitrogens is 3. The van der Waals surface area contributed by atoms with Crippen LogP contribution in [0.2, 0.25) is 0 Å². The summed E-state index contributed by atoms with van der Waals surface area (Å²) in [4.78, 5) is 52.0. The number of nitrogens with zero attached hydrogens (tertiary/aromatic N) is 6. The van der Waals surface area contributed by atoms with Crippen molar-refractivity contribution in [1.29, 1.82) is 0 Å². The summed E-state index contributed by atoms with van der Waals surface area (Å²) in [5.41, 5.74) is 12.1. The fourth-order valence-corrected chi connectivity index (χ4v) is 7.91. The number of β-amino-alcohol motifs (C(OH)–C–C–N with tert-alkyl or cyclic N) is 1. The van der Waals surface area contributed by atoms with Crippen LogP contribution in [0.15, 0.2) is 60.1 Å². The number of piperazine rings is 1. The molecule has 1 unspecified atom stereocenters. The van der Waals surface area contributed by atoms with Gasteiger partial charge in [-0.2, -0.15) is 0 Å². The number of hydrogen-bond donors (Lipinski definition) is 5. The minimum absolute atomic E-state index is 0.0248. The first-order chi connectivity index (χ1) is 25.7. The smallest absolute Gasteiger partial charge is 0.243 e. The molecular formula is C39H49N9O5S. The van der Waals surface area contributed by atoms with E-state index in [1.807, 2.05) is 69.3 Å². The summed E-state index contributed by atoms with van der Waals surface area (Å²) in [7, 11) is 0. The second-order valence-corrected chi connectivity index (χ2v) is 15.9. The number of aromatic hydroxyl groups is 1. The molecule has 0 saturated carbocycles. The zero-order valence-electron chi connectivity index (χ0n) is 31.3. The van der Waals surface area contributed by atoms with Crippen LogP contribution in [0.25, 0.3) is 21.7 Å². The lowest BCUT2D eigenvalue weighted by atomic mass is 9.85. The van der Waals surface area contributed by atoms with E-state index < -0.39 is 23.6 Å². The van der Waals surface area contributed by atoms with Gasteiger partial charge in [-0.15, -0.1) is 21.5 Å². The van der Waals surface area contributed by atoms with Crippen LogP contribution in [-0.4, -0.2) is 110 Å². The molecule has 4 aromatic rings. The number of nitrogen functional groups attached to an aromatic ring is 1. The summed E-state index contributed by atoms with van der Waals surface area (Å²) in [6, 6.07) is 14.7. The van der Waals surface area contributed by atoms with Crippen molar-refractivity contribution in [3.8, 4) is 27.4 Å². The molecule has 15 heteroatoms. The Labute approximate surface area is 319 Å². The number of phenols is 1. The van der Waals surface area contributed by atoms with Gasteiger partial charge >= 0.3 is 0 Å². The summed E-state index contributed by atoms with van der Waals surface area (Å²) in [6.45, 7) is 11.4. The summed E-state index contributed by atoms with van der Waals surface area (Å²) in [5, 5.41) is 35.5. The van der Waals surface area contributed by atoms with Crippen LogP contribution in [0.5, 0.6) is 5.75 Å². The number of nitrogens with one attached hydrogen (secondary N) is 2. The topological polar surface area (TPSA) is 190 Å². The van der Waals surface area contributed by atoms with E-state index in [1.165, 1.54) is 4.90 Å². The van der Waals surface area contributed by atoms with Gasteiger partial charge in [0.2, 0.25) is 17.7 Å². The number of phenolic OH excluding ortho intramolecular Hbond substituents is 1. The van der Waals surface area contributed by atoms with Gasteiger partial charge in [0.1, 0.15) is 11.8 Å². The summed E-state index contributed by atoms with van der Waals surface area (Å²) < 4.78 is 0. The molecule has 2 aromatic carbocycles. The largest absolute Gasteiger partial charge is 0.507 e. The summed E-state index contributed by atoms with van der Waals surface area (Å²) >= 11 is 1.58. The highest BCUT2D eigenvalue weighted by molar-refractivity contribution is 7.13. The van der Waals surface area contributed by atoms with Crippen molar-refractivity contribution in [1.82, 2.24) is 35.6 Å². The number of benzene rings is 2. The highest BCUT2D eigenvalue weighted by Crippen LogP contribution is 2.32. The molecule has 2 saturated heterocycles. The summed E-state index contributed by atoms with van der Waals surface area (Å²) in [5.74, 6) is -0.489. The highest BCUT2D eigenvalue weighted by Gasteiger charge is 2.44. The normalized spacial score (nSPS) is 18.7. The maximum Gasteiger partial charge on any atom is 0.243 e. The molecule has 2 aliphatic rings. The van der Waals surface area contributed by atoms with Crippen molar-refractivity contribution >= 4 is 40.6 Å². The fourth-order valence-electron chi connectivity index (χ4n) is 7.10. The van der Waals surface area contributed by atoms with Crippen molar-refractivity contribution < 1.29 is 24.6 Å². The first kappa shape index (κ1) is 38.6. The van der Waals surface area contributed by atoms with E-state index in [1.54, 1.807) is 46.6 Å². The molecule has 6 N–H and O–H groups in total. The monoisotopic (exact) mass is 755 g/mol. The average molecular weight is 756 g/mol. The minimum atomic E-state index is -0.856. The molecule has 0 aliphatic carbocycles. The van der Waals surface area contributed by atoms with Gasteiger partial charge < -0.3 is 36.0 Å². The minimum Gasteiger partial charge on any atom is -0.507 e. The van der Waals surface area contributed by atoms with Crippen molar-refractivity contribution in [2.24, 2.45) is 5.41 Å². The number of likely N-dealkylation sites (tertiary alicyclic amines) is 1. The molecule has 2 fully saturated rings. The van der Waals surface area contributed by atoms with Crippen LogP contribution in [0, 0.1) is 12.3 Å². The van der Waals surface area contributed by atoms with Crippen LogP contribution in [0.1, 0.15) is 51.4 Å². The van der Waals surface area contributed by atoms with E-state index in [4.69, 9.17) is 5.73 Å². The van der Waals surface area contributed by atoms with Gasteiger partial charge in [0.25, 0.3) is 0 Å². The quantitative estimate of drug-likeness (QED) is 0.160. The SMILES string of the molecule is Cc1ncsc1-c1ccc([C@H](C)NC(=O)[C@H]2C[C@H](O)CN2C(=O)C(NCC(=O)N2CCN(c3cc(-c4ccccc4O)nnc3N)CC2)C(C)(C)C)cc1. The number of aliphatic hydroxyl groups is 1. The Balaban J connectivity index is 1.05. The number of carbonyl (C=O) groups excluding carboxylic acids is 3. The zero-order valence-corrected chi connectivity index (χ0v) is 32.1. The highest BCUT2D eigenvalue weighted by atomic mass is 32.1. The van der Waals surface area contributed by atoms with E-state index in [0.717, 1.165) is 21.7 Å². The van der Waals surface area contributed by atoms with Gasteiger partial charge in [-0.05, 0) is 48.6 Å². The number of amides is 3. The number of carbonyl (C=O) groups is 3. The molecule has 3 amide bonds. The Bertz CT molecular complexity index is 1970. The number of aryl methyl sites for hydroxylation is 1. The number of aliphatic hydroxyl groups excluding tert-OH is 1. The molecule has 0 bridgehead atoms. The molecule has 4 atom stereocenters. The number of hydrogen-bond acceptors (Lipinski definition) is 12. The molecular weight excluding hydrogens is 707 g/mol. The number of thiazole rings is 1. The molecule has 6 rings (SSSR count). The first-order valence-electron chi connectivity index (χ1n) is 18.2. The molecule has 2 aliphatic heterocycles. The van der Waals surface area contributed by atoms with Gasteiger partial charge in [0, 0.05) is 44.7 Å².